The normalized spacial score (nSPS) is 12.1. The Hall–Kier alpha value is -1.66. The third kappa shape index (κ3) is 6.41. The summed E-state index contributed by atoms with van der Waals surface area (Å²) in [5, 5.41) is 5.17. The smallest absolute Gasteiger partial charge is 0.321 e. The van der Waals surface area contributed by atoms with Crippen LogP contribution in [0.15, 0.2) is 18.2 Å². The number of nitrogens with one attached hydrogen (secondary N) is 3. The molecule has 0 spiro atoms. The van der Waals surface area contributed by atoms with Crippen LogP contribution in [0.25, 0.3) is 0 Å². The second-order valence-electron chi connectivity index (χ2n) is 5.66. The molecular formula is C15H22ClFN3O2+. The van der Waals surface area contributed by atoms with E-state index in [0.717, 1.165) is 4.90 Å². The van der Waals surface area contributed by atoms with Gasteiger partial charge in [0.15, 0.2) is 6.54 Å². The molecule has 7 heteroatoms. The van der Waals surface area contributed by atoms with Crippen LogP contribution in [0.3, 0.4) is 0 Å². The predicted molar refractivity (Wildman–Crippen MR) is 83.2 cm³/mol. The standard InChI is InChI=1S/C15H21ClFN3O2/c1-10(2)7-18-15(22)19-14(21)9-20(3)8-11-12(16)5-4-6-13(11)17/h4-6,10H,7-9H2,1-3H3,(H2,18,19,21,22)/p+1. The highest BCUT2D eigenvalue weighted by Crippen LogP contribution is 2.17. The highest BCUT2D eigenvalue weighted by atomic mass is 35.5. The van der Waals surface area contributed by atoms with Crippen molar-refractivity contribution in [2.75, 3.05) is 20.1 Å². The van der Waals surface area contributed by atoms with Crippen molar-refractivity contribution in [1.82, 2.24) is 10.6 Å². The van der Waals surface area contributed by atoms with Gasteiger partial charge in [0.05, 0.1) is 17.6 Å². The summed E-state index contributed by atoms with van der Waals surface area (Å²) in [6.07, 6.45) is 0. The van der Waals surface area contributed by atoms with Gasteiger partial charge in [0.25, 0.3) is 5.91 Å². The van der Waals surface area contributed by atoms with Crippen molar-refractivity contribution in [3.8, 4) is 0 Å². The molecule has 1 aromatic rings. The molecule has 0 fully saturated rings. The molecule has 0 aliphatic rings. The van der Waals surface area contributed by atoms with Crippen molar-refractivity contribution in [3.05, 3.63) is 34.6 Å². The maximum Gasteiger partial charge on any atom is 0.321 e. The fourth-order valence-electron chi connectivity index (χ4n) is 1.85. The number of hydrogen-bond acceptors (Lipinski definition) is 2. The van der Waals surface area contributed by atoms with Gasteiger partial charge in [-0.15, -0.1) is 0 Å². The summed E-state index contributed by atoms with van der Waals surface area (Å²) in [6.45, 7) is 4.70. The maximum absolute atomic E-state index is 13.7. The van der Waals surface area contributed by atoms with Crippen LogP contribution in [0, 0.1) is 11.7 Å². The Labute approximate surface area is 134 Å². The fraction of sp³-hybridized carbons (Fsp3) is 0.467. The van der Waals surface area contributed by atoms with Crippen molar-refractivity contribution >= 4 is 23.5 Å². The fourth-order valence-corrected chi connectivity index (χ4v) is 2.08. The van der Waals surface area contributed by atoms with Crippen LogP contribution in [-0.4, -0.2) is 32.1 Å². The second-order valence-corrected chi connectivity index (χ2v) is 6.07. The van der Waals surface area contributed by atoms with Crippen molar-refractivity contribution in [2.24, 2.45) is 5.92 Å². The van der Waals surface area contributed by atoms with E-state index in [1.165, 1.54) is 12.1 Å². The van der Waals surface area contributed by atoms with Gasteiger partial charge in [-0.2, -0.15) is 0 Å². The Morgan fingerprint density at radius 3 is 2.64 bits per heavy atom. The van der Waals surface area contributed by atoms with E-state index in [2.05, 4.69) is 10.6 Å². The van der Waals surface area contributed by atoms with Gasteiger partial charge >= 0.3 is 6.03 Å². The summed E-state index contributed by atoms with van der Waals surface area (Å²) in [5.74, 6) is -0.523. The molecule has 1 aromatic carbocycles. The predicted octanol–water partition coefficient (Wildman–Crippen LogP) is 0.976. The van der Waals surface area contributed by atoms with E-state index in [9.17, 15) is 14.0 Å². The zero-order chi connectivity index (χ0) is 16.7. The first-order chi connectivity index (χ1) is 10.3. The maximum atomic E-state index is 13.7. The Kier molecular flexibility index (Phi) is 7.27. The van der Waals surface area contributed by atoms with Crippen LogP contribution in [-0.2, 0) is 11.3 Å². The van der Waals surface area contributed by atoms with Crippen LogP contribution in [0.4, 0.5) is 9.18 Å². The minimum absolute atomic E-state index is 0.0414. The van der Waals surface area contributed by atoms with E-state index in [4.69, 9.17) is 11.6 Å². The number of amides is 3. The molecule has 0 aliphatic heterocycles. The van der Waals surface area contributed by atoms with E-state index in [0.29, 0.717) is 23.0 Å². The van der Waals surface area contributed by atoms with Crippen LogP contribution < -0.4 is 15.5 Å². The van der Waals surface area contributed by atoms with E-state index < -0.39 is 17.8 Å². The Balaban J connectivity index is 2.46. The SMILES string of the molecule is CC(C)CNC(=O)NC(=O)C[NH+](C)Cc1c(F)cccc1Cl. The molecule has 3 N–H and O–H groups in total. The lowest BCUT2D eigenvalue weighted by atomic mass is 10.2. The number of halogens is 2. The quantitative estimate of drug-likeness (QED) is 0.728. The van der Waals surface area contributed by atoms with E-state index >= 15 is 0 Å². The summed E-state index contributed by atoms with van der Waals surface area (Å²) in [5.41, 5.74) is 0.360. The minimum Gasteiger partial charge on any atom is -0.338 e. The number of imide groups is 1. The molecule has 5 nitrogen and oxygen atoms in total. The first-order valence-corrected chi connectivity index (χ1v) is 7.49. The van der Waals surface area contributed by atoms with Crippen LogP contribution in [0.1, 0.15) is 19.4 Å². The third-order valence-corrected chi connectivity index (χ3v) is 3.28. The number of hydrogen-bond donors (Lipinski definition) is 3. The van der Waals surface area contributed by atoms with Crippen molar-refractivity contribution in [2.45, 2.75) is 20.4 Å². The zero-order valence-corrected chi connectivity index (χ0v) is 13.8. The molecule has 0 saturated carbocycles. The lowest BCUT2D eigenvalue weighted by molar-refractivity contribution is -0.885. The third-order valence-electron chi connectivity index (χ3n) is 2.93. The molecule has 1 unspecified atom stereocenters. The first kappa shape index (κ1) is 18.4. The molecule has 0 aromatic heterocycles. The van der Waals surface area contributed by atoms with Gasteiger partial charge in [0.1, 0.15) is 12.4 Å². The van der Waals surface area contributed by atoms with Gasteiger partial charge in [-0.1, -0.05) is 31.5 Å². The number of carbonyl (C=O) groups is 2. The summed E-state index contributed by atoms with van der Waals surface area (Å²) < 4.78 is 13.7. The number of urea groups is 1. The molecule has 0 radical (unpaired) electrons. The topological polar surface area (TPSA) is 62.6 Å². The number of benzene rings is 1. The first-order valence-electron chi connectivity index (χ1n) is 7.11. The summed E-state index contributed by atoms with van der Waals surface area (Å²) in [6, 6.07) is 3.94. The molecule has 0 heterocycles. The molecule has 1 rings (SSSR count). The zero-order valence-electron chi connectivity index (χ0n) is 13.0. The summed E-state index contributed by atoms with van der Waals surface area (Å²) in [7, 11) is 1.73. The Bertz CT molecular complexity index is 517. The number of likely N-dealkylation sites (N-methyl/N-ethyl adjacent to an activating group) is 1. The van der Waals surface area contributed by atoms with E-state index in [1.54, 1.807) is 13.1 Å². The van der Waals surface area contributed by atoms with Crippen LogP contribution in [0.2, 0.25) is 5.02 Å². The summed E-state index contributed by atoms with van der Waals surface area (Å²) >= 11 is 5.95. The van der Waals surface area contributed by atoms with Crippen LogP contribution >= 0.6 is 11.6 Å². The second kappa shape index (κ2) is 8.70. The van der Waals surface area contributed by atoms with Gasteiger partial charge in [0.2, 0.25) is 0 Å². The molecule has 22 heavy (non-hydrogen) atoms. The monoisotopic (exact) mass is 330 g/mol. The Morgan fingerprint density at radius 1 is 1.36 bits per heavy atom. The number of carbonyl (C=O) groups excluding carboxylic acids is 2. The van der Waals surface area contributed by atoms with E-state index in [1.807, 2.05) is 13.8 Å². The molecule has 3 amide bonds. The highest BCUT2D eigenvalue weighted by Gasteiger charge is 2.16. The number of quaternary nitrogens is 1. The minimum atomic E-state index is -0.518. The number of rotatable bonds is 6. The molecule has 0 aliphatic carbocycles. The average molecular weight is 331 g/mol. The largest absolute Gasteiger partial charge is 0.338 e. The van der Waals surface area contributed by atoms with Gasteiger partial charge in [-0.3, -0.25) is 10.1 Å². The lowest BCUT2D eigenvalue weighted by Gasteiger charge is -2.15. The van der Waals surface area contributed by atoms with Crippen molar-refractivity contribution in [1.29, 1.82) is 0 Å². The molecular weight excluding hydrogens is 309 g/mol. The Morgan fingerprint density at radius 2 is 2.05 bits per heavy atom. The van der Waals surface area contributed by atoms with Crippen molar-refractivity contribution < 1.29 is 18.9 Å². The lowest BCUT2D eigenvalue weighted by Crippen LogP contribution is -3.09. The molecule has 122 valence electrons. The molecule has 0 bridgehead atoms. The summed E-state index contributed by atoms with van der Waals surface area (Å²) in [4.78, 5) is 23.9. The average Bonchev–Trinajstić information content (AvgIpc) is 2.40. The van der Waals surface area contributed by atoms with Crippen LogP contribution in [0.5, 0.6) is 0 Å². The molecule has 1 atom stereocenters. The van der Waals surface area contributed by atoms with E-state index in [-0.39, 0.29) is 13.1 Å². The van der Waals surface area contributed by atoms with Crippen molar-refractivity contribution in [3.63, 3.8) is 0 Å². The van der Waals surface area contributed by atoms with Gasteiger partial charge in [-0.05, 0) is 18.1 Å². The van der Waals surface area contributed by atoms with Gasteiger partial charge < -0.3 is 10.2 Å². The highest BCUT2D eigenvalue weighted by molar-refractivity contribution is 6.31. The van der Waals surface area contributed by atoms with Gasteiger partial charge in [-0.25, -0.2) is 9.18 Å². The molecule has 0 saturated heterocycles. The van der Waals surface area contributed by atoms with Gasteiger partial charge in [0, 0.05) is 6.54 Å².